The molecule has 1 nitrogen and oxygen atoms in total. The van der Waals surface area contributed by atoms with E-state index in [4.69, 9.17) is 5.73 Å². The van der Waals surface area contributed by atoms with Crippen LogP contribution in [0.15, 0.2) is 28.7 Å². The largest absolute Gasteiger partial charge is 0.324 e. The van der Waals surface area contributed by atoms with E-state index in [9.17, 15) is 0 Å². The van der Waals surface area contributed by atoms with Gasteiger partial charge in [0.15, 0.2) is 0 Å². The van der Waals surface area contributed by atoms with E-state index >= 15 is 0 Å². The molecule has 0 heterocycles. The third kappa shape index (κ3) is 4.80. The van der Waals surface area contributed by atoms with Crippen molar-refractivity contribution in [1.29, 1.82) is 0 Å². The zero-order valence-corrected chi connectivity index (χ0v) is 11.0. The third-order valence-corrected chi connectivity index (χ3v) is 3.14. The van der Waals surface area contributed by atoms with Crippen molar-refractivity contribution in [2.45, 2.75) is 45.1 Å². The maximum absolute atomic E-state index is 6.13. The van der Waals surface area contributed by atoms with Crippen molar-refractivity contribution in [3.05, 3.63) is 34.3 Å². The summed E-state index contributed by atoms with van der Waals surface area (Å²) in [5, 5.41) is 0. The van der Waals surface area contributed by atoms with Gasteiger partial charge in [-0.1, -0.05) is 60.7 Å². The summed E-state index contributed by atoms with van der Waals surface area (Å²) in [6, 6.07) is 8.50. The predicted octanol–water partition coefficient (Wildman–Crippen LogP) is 4.42. The highest BCUT2D eigenvalue weighted by Gasteiger charge is 2.05. The van der Waals surface area contributed by atoms with Crippen molar-refractivity contribution in [2.24, 2.45) is 5.73 Å². The molecular formula is C13H20BrN. The number of halogens is 1. The summed E-state index contributed by atoms with van der Waals surface area (Å²) in [5.74, 6) is 0. The first kappa shape index (κ1) is 12.7. The van der Waals surface area contributed by atoms with Gasteiger partial charge in [0.25, 0.3) is 0 Å². The maximum Gasteiger partial charge on any atom is 0.0295 e. The lowest BCUT2D eigenvalue weighted by Crippen LogP contribution is -2.09. The van der Waals surface area contributed by atoms with E-state index in [1.165, 1.54) is 31.2 Å². The summed E-state index contributed by atoms with van der Waals surface area (Å²) in [5.41, 5.74) is 7.36. The molecule has 2 N–H and O–H groups in total. The molecule has 0 bridgehead atoms. The van der Waals surface area contributed by atoms with E-state index < -0.39 is 0 Å². The Morgan fingerprint density at radius 1 is 1.27 bits per heavy atom. The first-order valence-electron chi connectivity index (χ1n) is 5.75. The number of nitrogens with two attached hydrogens (primary N) is 1. The van der Waals surface area contributed by atoms with Crippen LogP contribution in [0, 0.1) is 0 Å². The highest BCUT2D eigenvalue weighted by Crippen LogP contribution is 2.20. The Hall–Kier alpha value is -0.340. The lowest BCUT2D eigenvalue weighted by molar-refractivity contribution is 0.566. The van der Waals surface area contributed by atoms with Crippen LogP contribution in [0.1, 0.15) is 50.6 Å². The predicted molar refractivity (Wildman–Crippen MR) is 69.8 cm³/mol. The average molecular weight is 270 g/mol. The van der Waals surface area contributed by atoms with Crippen LogP contribution >= 0.6 is 15.9 Å². The van der Waals surface area contributed by atoms with E-state index in [1.807, 2.05) is 12.1 Å². The minimum atomic E-state index is 0.194. The summed E-state index contributed by atoms with van der Waals surface area (Å²) >= 11 is 3.47. The SMILES string of the molecule is CCCCCCC(N)c1cccc(Br)c1. The highest BCUT2D eigenvalue weighted by atomic mass is 79.9. The molecule has 0 aromatic heterocycles. The van der Waals surface area contributed by atoms with Crippen molar-refractivity contribution < 1.29 is 0 Å². The van der Waals surface area contributed by atoms with Crippen molar-refractivity contribution >= 4 is 15.9 Å². The van der Waals surface area contributed by atoms with Gasteiger partial charge in [-0.2, -0.15) is 0 Å². The Bertz CT molecular complexity index is 286. The number of rotatable bonds is 6. The van der Waals surface area contributed by atoms with Crippen LogP contribution in [0.3, 0.4) is 0 Å². The molecule has 0 saturated heterocycles. The zero-order valence-electron chi connectivity index (χ0n) is 9.38. The van der Waals surface area contributed by atoms with Gasteiger partial charge >= 0.3 is 0 Å². The molecule has 0 fully saturated rings. The quantitative estimate of drug-likeness (QED) is 0.761. The fourth-order valence-electron chi connectivity index (χ4n) is 1.69. The molecule has 1 aromatic carbocycles. The molecule has 1 atom stereocenters. The Morgan fingerprint density at radius 2 is 2.07 bits per heavy atom. The molecule has 1 unspecified atom stereocenters. The van der Waals surface area contributed by atoms with E-state index in [2.05, 4.69) is 35.0 Å². The summed E-state index contributed by atoms with van der Waals surface area (Å²) < 4.78 is 1.11. The van der Waals surface area contributed by atoms with Crippen LogP contribution in [-0.4, -0.2) is 0 Å². The van der Waals surface area contributed by atoms with Gasteiger partial charge in [0, 0.05) is 10.5 Å². The molecule has 0 saturated carbocycles. The topological polar surface area (TPSA) is 26.0 Å². The molecule has 0 radical (unpaired) electrons. The molecule has 0 spiro atoms. The van der Waals surface area contributed by atoms with Gasteiger partial charge in [0.05, 0.1) is 0 Å². The second-order valence-electron chi connectivity index (χ2n) is 4.01. The molecular weight excluding hydrogens is 250 g/mol. The normalized spacial score (nSPS) is 12.7. The van der Waals surface area contributed by atoms with Crippen molar-refractivity contribution in [3.63, 3.8) is 0 Å². The molecule has 15 heavy (non-hydrogen) atoms. The third-order valence-electron chi connectivity index (χ3n) is 2.65. The number of benzene rings is 1. The summed E-state index contributed by atoms with van der Waals surface area (Å²) in [7, 11) is 0. The molecule has 0 aliphatic rings. The van der Waals surface area contributed by atoms with Gasteiger partial charge in [-0.05, 0) is 24.1 Å². The lowest BCUT2D eigenvalue weighted by Gasteiger charge is -2.11. The lowest BCUT2D eigenvalue weighted by atomic mass is 10.0. The van der Waals surface area contributed by atoms with Crippen LogP contribution in [0.2, 0.25) is 0 Å². The fraction of sp³-hybridized carbons (Fsp3) is 0.538. The van der Waals surface area contributed by atoms with Gasteiger partial charge in [-0.3, -0.25) is 0 Å². The van der Waals surface area contributed by atoms with Gasteiger partial charge in [0.2, 0.25) is 0 Å². The van der Waals surface area contributed by atoms with Crippen molar-refractivity contribution in [1.82, 2.24) is 0 Å². The summed E-state index contributed by atoms with van der Waals surface area (Å²) in [6.07, 6.45) is 6.24. The standard InChI is InChI=1S/C13H20BrN/c1-2-3-4-5-9-13(15)11-7-6-8-12(14)10-11/h6-8,10,13H,2-5,9,15H2,1H3. The van der Waals surface area contributed by atoms with E-state index in [0.29, 0.717) is 0 Å². The first-order valence-corrected chi connectivity index (χ1v) is 6.54. The van der Waals surface area contributed by atoms with Gasteiger partial charge in [0.1, 0.15) is 0 Å². The molecule has 2 heteroatoms. The van der Waals surface area contributed by atoms with Crippen LogP contribution in [0.5, 0.6) is 0 Å². The average Bonchev–Trinajstić information content (AvgIpc) is 2.24. The fourth-order valence-corrected chi connectivity index (χ4v) is 2.11. The van der Waals surface area contributed by atoms with Crippen LogP contribution < -0.4 is 5.73 Å². The van der Waals surface area contributed by atoms with Crippen LogP contribution in [0.25, 0.3) is 0 Å². The Balaban J connectivity index is 2.36. The summed E-state index contributed by atoms with van der Waals surface area (Å²) in [4.78, 5) is 0. The Labute approximate surface area is 101 Å². The van der Waals surface area contributed by atoms with Crippen molar-refractivity contribution in [3.8, 4) is 0 Å². The minimum absolute atomic E-state index is 0.194. The monoisotopic (exact) mass is 269 g/mol. The molecule has 0 amide bonds. The highest BCUT2D eigenvalue weighted by molar-refractivity contribution is 9.10. The molecule has 0 aliphatic carbocycles. The first-order chi connectivity index (χ1) is 7.24. The number of hydrogen-bond donors (Lipinski definition) is 1. The van der Waals surface area contributed by atoms with Crippen LogP contribution in [0.4, 0.5) is 0 Å². The minimum Gasteiger partial charge on any atom is -0.324 e. The Kier molecular flexibility index (Phi) is 5.96. The molecule has 84 valence electrons. The molecule has 0 aliphatic heterocycles. The molecule has 1 rings (SSSR count). The zero-order chi connectivity index (χ0) is 11.1. The van der Waals surface area contributed by atoms with Gasteiger partial charge in [-0.15, -0.1) is 0 Å². The number of unbranched alkanes of at least 4 members (excludes halogenated alkanes) is 3. The van der Waals surface area contributed by atoms with Crippen LogP contribution in [-0.2, 0) is 0 Å². The Morgan fingerprint density at radius 3 is 2.73 bits per heavy atom. The second kappa shape index (κ2) is 7.02. The van der Waals surface area contributed by atoms with E-state index in [1.54, 1.807) is 0 Å². The van der Waals surface area contributed by atoms with E-state index in [0.717, 1.165) is 10.9 Å². The number of hydrogen-bond acceptors (Lipinski definition) is 1. The molecule has 1 aromatic rings. The van der Waals surface area contributed by atoms with Gasteiger partial charge in [-0.25, -0.2) is 0 Å². The second-order valence-corrected chi connectivity index (χ2v) is 4.93. The van der Waals surface area contributed by atoms with E-state index in [-0.39, 0.29) is 6.04 Å². The summed E-state index contributed by atoms with van der Waals surface area (Å²) in [6.45, 7) is 2.23. The maximum atomic E-state index is 6.13. The smallest absolute Gasteiger partial charge is 0.0295 e. The van der Waals surface area contributed by atoms with Crippen molar-refractivity contribution in [2.75, 3.05) is 0 Å². The van der Waals surface area contributed by atoms with Gasteiger partial charge < -0.3 is 5.73 Å².